The molecular formula is C18H22N4O2S. The van der Waals surface area contributed by atoms with E-state index in [2.05, 4.69) is 15.3 Å². The molecule has 7 heteroatoms. The average Bonchev–Trinajstić information content (AvgIpc) is 3.22. The molecule has 0 saturated carbocycles. The molecule has 1 N–H and O–H groups in total. The maximum absolute atomic E-state index is 12.7. The van der Waals surface area contributed by atoms with Crippen molar-refractivity contribution in [3.05, 3.63) is 45.7 Å². The molecule has 2 aromatic heterocycles. The zero-order chi connectivity index (χ0) is 17.8. The SMILES string of the molecule is CC(=O)NCc1ccc([C@H]2CCCN2C(=O)Cc2csc(C)n2)nc1. The first-order valence-corrected chi connectivity index (χ1v) is 9.30. The molecule has 1 aliphatic heterocycles. The van der Waals surface area contributed by atoms with E-state index >= 15 is 0 Å². The number of likely N-dealkylation sites (tertiary alicyclic amines) is 1. The molecular weight excluding hydrogens is 336 g/mol. The summed E-state index contributed by atoms with van der Waals surface area (Å²) in [4.78, 5) is 34.5. The number of rotatable bonds is 5. The van der Waals surface area contributed by atoms with Gasteiger partial charge in [0.15, 0.2) is 0 Å². The molecule has 0 bridgehead atoms. The van der Waals surface area contributed by atoms with Gasteiger partial charge in [-0.05, 0) is 31.4 Å². The fourth-order valence-corrected chi connectivity index (χ4v) is 3.70. The molecule has 0 aromatic carbocycles. The Bertz CT molecular complexity index is 757. The van der Waals surface area contributed by atoms with Crippen LogP contribution in [-0.4, -0.2) is 33.2 Å². The van der Waals surface area contributed by atoms with Crippen molar-refractivity contribution < 1.29 is 9.59 Å². The highest BCUT2D eigenvalue weighted by molar-refractivity contribution is 7.09. The standard InChI is InChI=1S/C18H22N4O2S/c1-12(23)19-9-14-5-6-16(20-10-14)17-4-3-7-22(17)18(24)8-15-11-25-13(2)21-15/h5-6,10-11,17H,3-4,7-9H2,1-2H3,(H,19,23)/t17-/m1/s1. The maximum atomic E-state index is 12.7. The van der Waals surface area contributed by atoms with Gasteiger partial charge in [-0.25, -0.2) is 4.98 Å². The number of nitrogens with one attached hydrogen (secondary N) is 1. The Morgan fingerprint density at radius 3 is 2.88 bits per heavy atom. The quantitative estimate of drug-likeness (QED) is 0.890. The van der Waals surface area contributed by atoms with Gasteiger partial charge in [-0.3, -0.25) is 14.6 Å². The number of aryl methyl sites for hydroxylation is 1. The minimum absolute atomic E-state index is 0.0297. The molecule has 1 atom stereocenters. The van der Waals surface area contributed by atoms with Gasteiger partial charge in [0.1, 0.15) is 0 Å². The number of hydrogen-bond donors (Lipinski definition) is 1. The second-order valence-electron chi connectivity index (χ2n) is 6.28. The van der Waals surface area contributed by atoms with Gasteiger partial charge in [-0.1, -0.05) is 6.07 Å². The Hall–Kier alpha value is -2.28. The van der Waals surface area contributed by atoms with Crippen molar-refractivity contribution in [2.75, 3.05) is 6.54 Å². The molecule has 3 rings (SSSR count). The lowest BCUT2D eigenvalue weighted by atomic mass is 10.1. The van der Waals surface area contributed by atoms with E-state index in [1.165, 1.54) is 6.92 Å². The summed E-state index contributed by atoms with van der Waals surface area (Å²) in [6.45, 7) is 4.68. The molecule has 3 heterocycles. The average molecular weight is 358 g/mol. The molecule has 132 valence electrons. The second-order valence-corrected chi connectivity index (χ2v) is 7.34. The normalized spacial score (nSPS) is 16.9. The van der Waals surface area contributed by atoms with Crippen LogP contribution in [0.2, 0.25) is 0 Å². The van der Waals surface area contributed by atoms with Crippen molar-refractivity contribution >= 4 is 23.2 Å². The van der Waals surface area contributed by atoms with Gasteiger partial charge in [0.25, 0.3) is 0 Å². The zero-order valence-electron chi connectivity index (χ0n) is 14.5. The second kappa shape index (κ2) is 7.74. The van der Waals surface area contributed by atoms with Crippen LogP contribution >= 0.6 is 11.3 Å². The van der Waals surface area contributed by atoms with Crippen molar-refractivity contribution in [1.29, 1.82) is 0 Å². The van der Waals surface area contributed by atoms with Gasteiger partial charge in [-0.2, -0.15) is 0 Å². The van der Waals surface area contributed by atoms with Crippen LogP contribution in [0.15, 0.2) is 23.7 Å². The number of carbonyl (C=O) groups is 2. The molecule has 0 unspecified atom stereocenters. The molecule has 1 saturated heterocycles. The van der Waals surface area contributed by atoms with Crippen LogP contribution < -0.4 is 5.32 Å². The summed E-state index contributed by atoms with van der Waals surface area (Å²) in [6, 6.07) is 3.95. The summed E-state index contributed by atoms with van der Waals surface area (Å²) in [5, 5.41) is 5.69. The number of carbonyl (C=O) groups excluding carboxylic acids is 2. The molecule has 2 aromatic rings. The molecule has 1 fully saturated rings. The third-order valence-corrected chi connectivity index (χ3v) is 5.12. The predicted octanol–water partition coefficient (Wildman–Crippen LogP) is 2.39. The van der Waals surface area contributed by atoms with Crippen LogP contribution in [0.4, 0.5) is 0 Å². The van der Waals surface area contributed by atoms with E-state index < -0.39 is 0 Å². The first-order chi connectivity index (χ1) is 12.0. The van der Waals surface area contributed by atoms with Gasteiger partial charge >= 0.3 is 0 Å². The van der Waals surface area contributed by atoms with Gasteiger partial charge < -0.3 is 10.2 Å². The van der Waals surface area contributed by atoms with Crippen molar-refractivity contribution in [3.63, 3.8) is 0 Å². The first kappa shape index (κ1) is 17.5. The Balaban J connectivity index is 1.66. The summed E-state index contributed by atoms with van der Waals surface area (Å²) in [5.74, 6) is 0.0471. The van der Waals surface area contributed by atoms with E-state index in [9.17, 15) is 9.59 Å². The van der Waals surface area contributed by atoms with Gasteiger partial charge in [0.05, 0.1) is 28.9 Å². The third kappa shape index (κ3) is 4.42. The fraction of sp³-hybridized carbons (Fsp3) is 0.444. The van der Waals surface area contributed by atoms with Crippen LogP contribution in [0.1, 0.15) is 47.8 Å². The van der Waals surface area contributed by atoms with E-state index in [0.29, 0.717) is 13.0 Å². The lowest BCUT2D eigenvalue weighted by Crippen LogP contribution is -2.32. The highest BCUT2D eigenvalue weighted by atomic mass is 32.1. The van der Waals surface area contributed by atoms with E-state index in [0.717, 1.165) is 41.3 Å². The van der Waals surface area contributed by atoms with E-state index in [4.69, 9.17) is 0 Å². The van der Waals surface area contributed by atoms with Crippen LogP contribution in [0.5, 0.6) is 0 Å². The number of pyridine rings is 1. The number of amides is 2. The van der Waals surface area contributed by atoms with Crippen molar-refractivity contribution in [2.45, 2.75) is 45.7 Å². The third-order valence-electron chi connectivity index (χ3n) is 4.30. The summed E-state index contributed by atoms with van der Waals surface area (Å²) in [6.07, 6.45) is 4.04. The Kier molecular flexibility index (Phi) is 5.43. The maximum Gasteiger partial charge on any atom is 0.229 e. The molecule has 0 spiro atoms. The summed E-state index contributed by atoms with van der Waals surface area (Å²) >= 11 is 1.57. The monoisotopic (exact) mass is 358 g/mol. The summed E-state index contributed by atoms with van der Waals surface area (Å²) < 4.78 is 0. The zero-order valence-corrected chi connectivity index (χ0v) is 15.3. The Morgan fingerprint density at radius 1 is 1.40 bits per heavy atom. The Morgan fingerprint density at radius 2 is 2.24 bits per heavy atom. The number of nitrogens with zero attached hydrogens (tertiary/aromatic N) is 3. The highest BCUT2D eigenvalue weighted by Gasteiger charge is 2.31. The molecule has 0 aliphatic carbocycles. The van der Waals surface area contributed by atoms with Crippen molar-refractivity contribution in [3.8, 4) is 0 Å². The molecule has 0 radical (unpaired) electrons. The van der Waals surface area contributed by atoms with E-state index in [1.807, 2.05) is 29.3 Å². The van der Waals surface area contributed by atoms with Crippen LogP contribution in [0.25, 0.3) is 0 Å². The van der Waals surface area contributed by atoms with Gasteiger partial charge in [0.2, 0.25) is 11.8 Å². The fourth-order valence-electron chi connectivity index (χ4n) is 3.08. The minimum atomic E-state index is -0.0612. The molecule has 2 amide bonds. The first-order valence-electron chi connectivity index (χ1n) is 8.42. The number of aromatic nitrogens is 2. The van der Waals surface area contributed by atoms with Crippen LogP contribution in [-0.2, 0) is 22.6 Å². The number of hydrogen-bond acceptors (Lipinski definition) is 5. The highest BCUT2D eigenvalue weighted by Crippen LogP contribution is 2.31. The predicted molar refractivity (Wildman–Crippen MR) is 96.0 cm³/mol. The topological polar surface area (TPSA) is 75.2 Å². The van der Waals surface area contributed by atoms with Gasteiger partial charge in [-0.15, -0.1) is 11.3 Å². The molecule has 1 aliphatic rings. The van der Waals surface area contributed by atoms with Crippen LogP contribution in [0, 0.1) is 6.92 Å². The largest absolute Gasteiger partial charge is 0.352 e. The van der Waals surface area contributed by atoms with E-state index in [1.54, 1.807) is 17.5 Å². The summed E-state index contributed by atoms with van der Waals surface area (Å²) in [5.41, 5.74) is 2.71. The lowest BCUT2D eigenvalue weighted by molar-refractivity contribution is -0.131. The van der Waals surface area contributed by atoms with E-state index in [-0.39, 0.29) is 17.9 Å². The molecule has 25 heavy (non-hydrogen) atoms. The molecule has 6 nitrogen and oxygen atoms in total. The van der Waals surface area contributed by atoms with Crippen molar-refractivity contribution in [1.82, 2.24) is 20.2 Å². The summed E-state index contributed by atoms with van der Waals surface area (Å²) in [7, 11) is 0. The van der Waals surface area contributed by atoms with Crippen LogP contribution in [0.3, 0.4) is 0 Å². The minimum Gasteiger partial charge on any atom is -0.352 e. The Labute approximate surface area is 151 Å². The smallest absolute Gasteiger partial charge is 0.229 e. The van der Waals surface area contributed by atoms with Crippen molar-refractivity contribution in [2.24, 2.45) is 0 Å². The van der Waals surface area contributed by atoms with Gasteiger partial charge in [0, 0.05) is 31.6 Å². The number of thiazole rings is 1. The lowest BCUT2D eigenvalue weighted by Gasteiger charge is -2.24.